The Morgan fingerprint density at radius 2 is 2.13 bits per heavy atom. The molecule has 0 aromatic heterocycles. The van der Waals surface area contributed by atoms with Crippen molar-refractivity contribution in [3.63, 3.8) is 0 Å². The topological polar surface area (TPSA) is 58.6 Å². The molecule has 0 bridgehead atoms. The van der Waals surface area contributed by atoms with Crippen molar-refractivity contribution in [2.24, 2.45) is 0 Å². The van der Waals surface area contributed by atoms with E-state index >= 15 is 0 Å². The zero-order valence-corrected chi connectivity index (χ0v) is 9.45. The zero-order valence-electron chi connectivity index (χ0n) is 9.45. The Kier molecular flexibility index (Phi) is 6.37. The van der Waals surface area contributed by atoms with Crippen LogP contribution in [0.5, 0.6) is 0 Å². The summed E-state index contributed by atoms with van der Waals surface area (Å²) in [5.41, 5.74) is 0. The minimum absolute atomic E-state index is 0.177. The first-order valence-electron chi connectivity index (χ1n) is 4.72. The van der Waals surface area contributed by atoms with Crippen LogP contribution in [0.3, 0.4) is 0 Å². The molecule has 1 atom stereocenters. The Hall–Kier alpha value is -1.36. The van der Waals surface area contributed by atoms with E-state index in [1.54, 1.807) is 25.9 Å². The second kappa shape index (κ2) is 7.00. The molecule has 0 radical (unpaired) electrons. The monoisotopic (exact) mass is 214 g/mol. The lowest BCUT2D eigenvalue weighted by Crippen LogP contribution is -2.36. The first kappa shape index (κ1) is 13.6. The molecule has 0 saturated heterocycles. The van der Waals surface area contributed by atoms with E-state index in [2.05, 4.69) is 11.9 Å². The molecule has 5 nitrogen and oxygen atoms in total. The third kappa shape index (κ3) is 5.85. The molecular formula is C10H18N2O3. The summed E-state index contributed by atoms with van der Waals surface area (Å²) in [6, 6.07) is -0.278. The molecule has 0 aromatic carbocycles. The molecule has 0 saturated carbocycles. The average Bonchev–Trinajstić information content (AvgIpc) is 2.22. The SMILES string of the molecule is C=CC(=O)NCCOC(=O)C(C)N(C)C. The van der Waals surface area contributed by atoms with Gasteiger partial charge in [-0.1, -0.05) is 6.58 Å². The summed E-state index contributed by atoms with van der Waals surface area (Å²) < 4.78 is 4.93. The molecule has 1 amide bonds. The van der Waals surface area contributed by atoms with Crippen LogP contribution < -0.4 is 5.32 Å². The second-order valence-corrected chi connectivity index (χ2v) is 3.30. The molecule has 0 aliphatic heterocycles. The highest BCUT2D eigenvalue weighted by Gasteiger charge is 2.15. The molecule has 1 unspecified atom stereocenters. The van der Waals surface area contributed by atoms with Gasteiger partial charge in [0.15, 0.2) is 0 Å². The molecule has 0 aliphatic carbocycles. The first-order valence-corrected chi connectivity index (χ1v) is 4.72. The Morgan fingerprint density at radius 3 is 2.60 bits per heavy atom. The molecule has 0 spiro atoms. The Morgan fingerprint density at radius 1 is 1.53 bits per heavy atom. The molecule has 0 aliphatic rings. The zero-order chi connectivity index (χ0) is 11.8. The third-order valence-electron chi connectivity index (χ3n) is 1.95. The second-order valence-electron chi connectivity index (χ2n) is 3.30. The van der Waals surface area contributed by atoms with Crippen molar-refractivity contribution in [3.05, 3.63) is 12.7 Å². The number of amides is 1. The van der Waals surface area contributed by atoms with Gasteiger partial charge in [-0.05, 0) is 27.1 Å². The van der Waals surface area contributed by atoms with Crippen LogP contribution in [0.2, 0.25) is 0 Å². The van der Waals surface area contributed by atoms with Gasteiger partial charge in [0.2, 0.25) is 5.91 Å². The summed E-state index contributed by atoms with van der Waals surface area (Å²) in [7, 11) is 3.59. The van der Waals surface area contributed by atoms with Crippen LogP contribution in [0.1, 0.15) is 6.92 Å². The van der Waals surface area contributed by atoms with Gasteiger partial charge in [0.25, 0.3) is 0 Å². The van der Waals surface area contributed by atoms with Crippen LogP contribution in [-0.2, 0) is 14.3 Å². The van der Waals surface area contributed by atoms with E-state index in [-0.39, 0.29) is 24.5 Å². The molecule has 1 N–H and O–H groups in total. The maximum absolute atomic E-state index is 11.3. The number of esters is 1. The Labute approximate surface area is 90.1 Å². The first-order chi connectivity index (χ1) is 6.99. The van der Waals surface area contributed by atoms with Crippen LogP contribution >= 0.6 is 0 Å². The minimum Gasteiger partial charge on any atom is -0.463 e. The largest absolute Gasteiger partial charge is 0.463 e. The van der Waals surface area contributed by atoms with Crippen molar-refractivity contribution < 1.29 is 14.3 Å². The van der Waals surface area contributed by atoms with E-state index in [0.717, 1.165) is 0 Å². The number of carbonyl (C=O) groups is 2. The molecule has 0 rings (SSSR count). The summed E-state index contributed by atoms with van der Waals surface area (Å²) in [6.07, 6.45) is 1.17. The summed E-state index contributed by atoms with van der Waals surface area (Å²) >= 11 is 0. The molecule has 0 aromatic rings. The lowest BCUT2D eigenvalue weighted by Gasteiger charge is -2.17. The molecule has 0 fully saturated rings. The fourth-order valence-electron chi connectivity index (χ4n) is 0.729. The van der Waals surface area contributed by atoms with Crippen LogP contribution in [-0.4, -0.2) is 50.1 Å². The molecule has 86 valence electrons. The number of hydrogen-bond acceptors (Lipinski definition) is 4. The lowest BCUT2D eigenvalue weighted by molar-refractivity contribution is -0.148. The van der Waals surface area contributed by atoms with Crippen molar-refractivity contribution in [3.8, 4) is 0 Å². The number of likely N-dealkylation sites (N-methyl/N-ethyl adjacent to an activating group) is 1. The number of hydrogen-bond donors (Lipinski definition) is 1. The highest BCUT2D eigenvalue weighted by molar-refractivity contribution is 5.86. The molecule has 15 heavy (non-hydrogen) atoms. The fraction of sp³-hybridized carbons (Fsp3) is 0.600. The predicted octanol–water partition coefficient (Wildman–Crippen LogP) is -0.218. The smallest absolute Gasteiger partial charge is 0.323 e. The van der Waals surface area contributed by atoms with Crippen LogP contribution in [0.4, 0.5) is 0 Å². The van der Waals surface area contributed by atoms with E-state index in [9.17, 15) is 9.59 Å². The third-order valence-corrected chi connectivity index (χ3v) is 1.95. The Bertz CT molecular complexity index is 239. The number of carbonyl (C=O) groups excluding carboxylic acids is 2. The molecule has 5 heteroatoms. The number of nitrogens with one attached hydrogen (secondary N) is 1. The van der Waals surface area contributed by atoms with Crippen LogP contribution in [0.15, 0.2) is 12.7 Å². The van der Waals surface area contributed by atoms with Gasteiger partial charge in [-0.3, -0.25) is 14.5 Å². The van der Waals surface area contributed by atoms with Gasteiger partial charge in [0.1, 0.15) is 12.6 Å². The van der Waals surface area contributed by atoms with Crippen molar-refractivity contribution in [2.75, 3.05) is 27.2 Å². The van der Waals surface area contributed by atoms with Gasteiger partial charge in [-0.2, -0.15) is 0 Å². The lowest BCUT2D eigenvalue weighted by atomic mass is 10.3. The summed E-state index contributed by atoms with van der Waals surface area (Å²) in [5.74, 6) is -0.570. The average molecular weight is 214 g/mol. The summed E-state index contributed by atoms with van der Waals surface area (Å²) in [5, 5.41) is 2.51. The van der Waals surface area contributed by atoms with E-state index in [0.29, 0.717) is 6.54 Å². The van der Waals surface area contributed by atoms with Gasteiger partial charge in [0, 0.05) is 0 Å². The summed E-state index contributed by atoms with van der Waals surface area (Å²) in [4.78, 5) is 23.8. The highest BCUT2D eigenvalue weighted by atomic mass is 16.5. The number of nitrogens with zero attached hydrogens (tertiary/aromatic N) is 1. The molecule has 0 heterocycles. The van der Waals surface area contributed by atoms with Crippen LogP contribution in [0, 0.1) is 0 Å². The van der Waals surface area contributed by atoms with E-state index in [4.69, 9.17) is 4.74 Å². The summed E-state index contributed by atoms with van der Waals surface area (Å²) in [6.45, 7) is 5.53. The van der Waals surface area contributed by atoms with Gasteiger partial charge in [-0.15, -0.1) is 0 Å². The maximum Gasteiger partial charge on any atom is 0.323 e. The van der Waals surface area contributed by atoms with Crippen molar-refractivity contribution in [1.82, 2.24) is 10.2 Å². The van der Waals surface area contributed by atoms with Crippen LogP contribution in [0.25, 0.3) is 0 Å². The van der Waals surface area contributed by atoms with Gasteiger partial charge in [0.05, 0.1) is 6.54 Å². The van der Waals surface area contributed by atoms with E-state index in [1.165, 1.54) is 6.08 Å². The fourth-order valence-corrected chi connectivity index (χ4v) is 0.729. The maximum atomic E-state index is 11.3. The van der Waals surface area contributed by atoms with Gasteiger partial charge in [-0.25, -0.2) is 0 Å². The molecular weight excluding hydrogens is 196 g/mol. The predicted molar refractivity (Wildman–Crippen MR) is 57.3 cm³/mol. The number of rotatable bonds is 6. The highest BCUT2D eigenvalue weighted by Crippen LogP contribution is 1.94. The van der Waals surface area contributed by atoms with Gasteiger partial charge < -0.3 is 10.1 Å². The van der Waals surface area contributed by atoms with Crippen molar-refractivity contribution in [1.29, 1.82) is 0 Å². The van der Waals surface area contributed by atoms with Crippen molar-refractivity contribution in [2.45, 2.75) is 13.0 Å². The van der Waals surface area contributed by atoms with Crippen molar-refractivity contribution >= 4 is 11.9 Å². The standard InChI is InChI=1S/C10H18N2O3/c1-5-9(13)11-6-7-15-10(14)8(2)12(3)4/h5,8H,1,6-7H2,2-4H3,(H,11,13). The normalized spacial score (nSPS) is 12.0. The van der Waals surface area contributed by atoms with E-state index < -0.39 is 0 Å². The minimum atomic E-state index is -0.298. The Balaban J connectivity index is 3.64. The van der Waals surface area contributed by atoms with E-state index in [1.807, 2.05) is 0 Å². The quantitative estimate of drug-likeness (QED) is 0.377. The van der Waals surface area contributed by atoms with Gasteiger partial charge >= 0.3 is 5.97 Å². The number of ether oxygens (including phenoxy) is 1.